The normalized spacial score (nSPS) is 11.9. The predicted octanol–water partition coefficient (Wildman–Crippen LogP) is 5.95. The molecule has 0 atom stereocenters. The summed E-state index contributed by atoms with van der Waals surface area (Å²) in [6, 6.07) is 14.5. The van der Waals surface area contributed by atoms with Crippen molar-refractivity contribution in [3.63, 3.8) is 0 Å². The van der Waals surface area contributed by atoms with Gasteiger partial charge in [0.15, 0.2) is 0 Å². The number of carboxylic acids is 1. The maximum Gasteiger partial charge on any atom is 0.336 e. The SMILES string of the molecule is CC/N=c1/cc2oc3cc(NC)ccc3c(-c3ccc(C(=O)NCCC(C)C)cc3C(=O)O)c-2cc1C. The molecule has 0 aromatic heterocycles. The molecule has 1 aliphatic heterocycles. The molecule has 0 saturated carbocycles. The summed E-state index contributed by atoms with van der Waals surface area (Å²) >= 11 is 0. The highest BCUT2D eigenvalue weighted by molar-refractivity contribution is 6.09. The first kappa shape index (κ1) is 25.9. The third kappa shape index (κ3) is 5.35. The Morgan fingerprint density at radius 2 is 1.84 bits per heavy atom. The number of amides is 1. The summed E-state index contributed by atoms with van der Waals surface area (Å²) < 4.78 is 6.31. The lowest BCUT2D eigenvalue weighted by Crippen LogP contribution is -2.25. The highest BCUT2D eigenvalue weighted by Crippen LogP contribution is 2.42. The van der Waals surface area contributed by atoms with Gasteiger partial charge in [-0.2, -0.15) is 0 Å². The summed E-state index contributed by atoms with van der Waals surface area (Å²) in [5, 5.41) is 17.8. The number of benzene rings is 3. The molecule has 0 saturated heterocycles. The third-order valence-electron chi connectivity index (χ3n) is 6.44. The zero-order valence-corrected chi connectivity index (χ0v) is 21.9. The number of carbonyl (C=O) groups excluding carboxylic acids is 1. The fourth-order valence-corrected chi connectivity index (χ4v) is 4.48. The number of carboxylic acid groups (broad SMARTS) is 1. The number of carbonyl (C=O) groups is 2. The fraction of sp³-hybridized carbons (Fsp3) is 0.300. The second-order valence-corrected chi connectivity index (χ2v) is 9.55. The lowest BCUT2D eigenvalue weighted by molar-refractivity contribution is 0.0697. The molecule has 192 valence electrons. The van der Waals surface area contributed by atoms with Gasteiger partial charge in [-0.05, 0) is 67.6 Å². The zero-order chi connectivity index (χ0) is 26.7. The Morgan fingerprint density at radius 1 is 1.05 bits per heavy atom. The quantitative estimate of drug-likeness (QED) is 0.260. The summed E-state index contributed by atoms with van der Waals surface area (Å²) in [5.41, 5.74) is 4.89. The highest BCUT2D eigenvalue weighted by Gasteiger charge is 2.23. The Bertz CT molecular complexity index is 1520. The van der Waals surface area contributed by atoms with Crippen LogP contribution in [0.1, 0.15) is 53.5 Å². The van der Waals surface area contributed by atoms with Gasteiger partial charge in [0.05, 0.1) is 10.9 Å². The molecular weight excluding hydrogens is 466 g/mol. The molecule has 1 heterocycles. The highest BCUT2D eigenvalue weighted by atomic mass is 16.4. The smallest absolute Gasteiger partial charge is 0.336 e. The molecule has 2 aromatic rings. The van der Waals surface area contributed by atoms with Crippen molar-refractivity contribution in [2.45, 2.75) is 34.1 Å². The van der Waals surface area contributed by atoms with Crippen LogP contribution in [0.4, 0.5) is 5.69 Å². The van der Waals surface area contributed by atoms with Gasteiger partial charge in [-0.15, -0.1) is 0 Å². The number of aromatic carboxylic acids is 1. The van der Waals surface area contributed by atoms with Crippen LogP contribution >= 0.6 is 0 Å². The zero-order valence-electron chi connectivity index (χ0n) is 21.9. The van der Waals surface area contributed by atoms with E-state index in [1.807, 2.05) is 51.2 Å². The fourth-order valence-electron chi connectivity index (χ4n) is 4.48. The minimum Gasteiger partial charge on any atom is -0.478 e. The molecule has 0 unspecified atom stereocenters. The summed E-state index contributed by atoms with van der Waals surface area (Å²) in [4.78, 5) is 29.8. The van der Waals surface area contributed by atoms with Gasteiger partial charge in [-0.1, -0.05) is 19.9 Å². The van der Waals surface area contributed by atoms with Gasteiger partial charge in [0.1, 0.15) is 11.3 Å². The van der Waals surface area contributed by atoms with Crippen molar-refractivity contribution in [3.05, 3.63) is 70.6 Å². The molecule has 1 aliphatic carbocycles. The number of hydrogen-bond acceptors (Lipinski definition) is 5. The topological polar surface area (TPSA) is 104 Å². The molecule has 37 heavy (non-hydrogen) atoms. The molecule has 0 bridgehead atoms. The van der Waals surface area contributed by atoms with Crippen molar-refractivity contribution >= 4 is 28.5 Å². The molecule has 1 amide bonds. The average Bonchev–Trinajstić information content (AvgIpc) is 2.87. The van der Waals surface area contributed by atoms with Gasteiger partial charge in [-0.25, -0.2) is 4.79 Å². The monoisotopic (exact) mass is 499 g/mol. The Morgan fingerprint density at radius 3 is 2.51 bits per heavy atom. The second-order valence-electron chi connectivity index (χ2n) is 9.55. The predicted molar refractivity (Wildman–Crippen MR) is 147 cm³/mol. The standard InChI is InChI=1S/C30H33N3O4/c1-6-32-25-16-27-24(13-18(25)4)28(22-10-8-20(31-5)15-26(22)37-27)21-9-7-19(14-23(21)30(35)36)29(34)33-12-11-17(2)3/h7-10,13-17,31H,6,11-12H2,1-5H3,(H,33,34)(H,35,36)/b32-25-. The molecule has 3 N–H and O–H groups in total. The van der Waals surface area contributed by atoms with Crippen molar-refractivity contribution in [1.29, 1.82) is 0 Å². The first-order valence-electron chi connectivity index (χ1n) is 12.6. The van der Waals surface area contributed by atoms with Crippen LogP contribution in [0.15, 0.2) is 57.9 Å². The number of nitrogens with one attached hydrogen (secondary N) is 2. The molecule has 2 aliphatic rings. The van der Waals surface area contributed by atoms with Crippen LogP contribution in [0.5, 0.6) is 0 Å². The lowest BCUT2D eigenvalue weighted by Gasteiger charge is -2.19. The molecule has 7 nitrogen and oxygen atoms in total. The molecule has 0 fully saturated rings. The van der Waals surface area contributed by atoms with E-state index in [1.54, 1.807) is 12.1 Å². The van der Waals surface area contributed by atoms with Crippen LogP contribution < -0.4 is 16.0 Å². The number of aryl methyl sites for hydroxylation is 1. The summed E-state index contributed by atoms with van der Waals surface area (Å²) in [7, 11) is 1.83. The first-order chi connectivity index (χ1) is 17.7. The molecule has 4 rings (SSSR count). The molecule has 7 heteroatoms. The van der Waals surface area contributed by atoms with Gasteiger partial charge in [0, 0.05) is 60.0 Å². The van der Waals surface area contributed by atoms with E-state index in [0.717, 1.165) is 39.5 Å². The Labute approximate surface area is 216 Å². The first-order valence-corrected chi connectivity index (χ1v) is 12.6. The van der Waals surface area contributed by atoms with Crippen molar-refractivity contribution < 1.29 is 19.1 Å². The second kappa shape index (κ2) is 10.9. The Kier molecular flexibility index (Phi) is 7.62. The van der Waals surface area contributed by atoms with Crippen LogP contribution in [-0.4, -0.2) is 37.1 Å². The van der Waals surface area contributed by atoms with Gasteiger partial charge < -0.3 is 20.2 Å². The van der Waals surface area contributed by atoms with E-state index in [1.165, 1.54) is 6.07 Å². The average molecular weight is 500 g/mol. The Hall–Kier alpha value is -4.13. The van der Waals surface area contributed by atoms with Crippen LogP contribution in [-0.2, 0) is 0 Å². The van der Waals surface area contributed by atoms with Gasteiger partial charge in [-0.3, -0.25) is 9.79 Å². The van der Waals surface area contributed by atoms with Crippen LogP contribution in [0.25, 0.3) is 33.4 Å². The van der Waals surface area contributed by atoms with E-state index in [2.05, 4.69) is 29.5 Å². The van der Waals surface area contributed by atoms with Crippen LogP contribution in [0.3, 0.4) is 0 Å². The molecule has 2 aromatic carbocycles. The maximum atomic E-state index is 12.8. The number of anilines is 1. The van der Waals surface area contributed by atoms with Crippen LogP contribution in [0.2, 0.25) is 0 Å². The van der Waals surface area contributed by atoms with E-state index in [4.69, 9.17) is 4.42 Å². The summed E-state index contributed by atoms with van der Waals surface area (Å²) in [6.07, 6.45) is 0.849. The van der Waals surface area contributed by atoms with E-state index in [0.29, 0.717) is 41.5 Å². The van der Waals surface area contributed by atoms with E-state index in [-0.39, 0.29) is 11.5 Å². The van der Waals surface area contributed by atoms with Gasteiger partial charge in [0.25, 0.3) is 5.91 Å². The minimum absolute atomic E-state index is 0.0583. The number of fused-ring (bicyclic) bond motifs is 2. The molecule has 0 spiro atoms. The van der Waals surface area contributed by atoms with Crippen molar-refractivity contribution in [2.24, 2.45) is 10.9 Å². The molecule has 0 radical (unpaired) electrons. The molecular formula is C30H33N3O4. The minimum atomic E-state index is -1.10. The largest absolute Gasteiger partial charge is 0.478 e. The summed E-state index contributed by atoms with van der Waals surface area (Å²) in [5.74, 6) is -0.317. The lowest BCUT2D eigenvalue weighted by atomic mass is 9.89. The van der Waals surface area contributed by atoms with Gasteiger partial charge >= 0.3 is 5.97 Å². The van der Waals surface area contributed by atoms with Gasteiger partial charge in [0.2, 0.25) is 0 Å². The van der Waals surface area contributed by atoms with E-state index >= 15 is 0 Å². The van der Waals surface area contributed by atoms with E-state index < -0.39 is 5.97 Å². The van der Waals surface area contributed by atoms with E-state index in [9.17, 15) is 14.7 Å². The van der Waals surface area contributed by atoms with Crippen LogP contribution in [0, 0.1) is 12.8 Å². The Balaban J connectivity index is 1.97. The number of rotatable bonds is 8. The number of nitrogens with zero attached hydrogens (tertiary/aromatic N) is 1. The maximum absolute atomic E-state index is 12.8. The number of hydrogen-bond donors (Lipinski definition) is 3. The van der Waals surface area contributed by atoms with Crippen molar-refractivity contribution in [1.82, 2.24) is 5.32 Å². The third-order valence-corrected chi connectivity index (χ3v) is 6.44. The van der Waals surface area contributed by atoms with Crippen molar-refractivity contribution in [3.8, 4) is 22.5 Å². The summed E-state index contributed by atoms with van der Waals surface area (Å²) in [6.45, 7) is 9.31. The van der Waals surface area contributed by atoms with Crippen molar-refractivity contribution in [2.75, 3.05) is 25.5 Å².